The highest BCUT2D eigenvalue weighted by molar-refractivity contribution is 5.77. The first kappa shape index (κ1) is 8.98. The fourth-order valence-corrected chi connectivity index (χ4v) is 1.27. The summed E-state index contributed by atoms with van der Waals surface area (Å²) in [5, 5.41) is 17.2. The number of hydrogen-bond acceptors (Lipinski definition) is 3. The molecule has 0 fully saturated rings. The lowest BCUT2D eigenvalue weighted by Gasteiger charge is -1.82. The quantitative estimate of drug-likeness (QED) is 0.705. The van der Waals surface area contributed by atoms with Gasteiger partial charge in [0.25, 0.3) is 0 Å². The van der Waals surface area contributed by atoms with Crippen molar-refractivity contribution in [1.29, 1.82) is 10.5 Å². The molecule has 0 atom stereocenters. The monoisotopic (exact) mass is 194 g/mol. The van der Waals surface area contributed by atoms with E-state index in [0.29, 0.717) is 5.82 Å². The Labute approximate surface area is 86.1 Å². The molecule has 1 heterocycles. The van der Waals surface area contributed by atoms with Crippen LogP contribution in [-0.2, 0) is 0 Å². The van der Waals surface area contributed by atoms with Crippen LogP contribution in [0.2, 0.25) is 0 Å². The van der Waals surface area contributed by atoms with Crippen molar-refractivity contribution in [2.75, 3.05) is 0 Å². The third kappa shape index (κ3) is 1.70. The lowest BCUT2D eigenvalue weighted by molar-refractivity contribution is 1.29. The number of allylic oxidation sites excluding steroid dienone is 1. The molecule has 15 heavy (non-hydrogen) atoms. The molecule has 1 aromatic carbocycles. The van der Waals surface area contributed by atoms with Gasteiger partial charge in [0, 0.05) is 6.08 Å². The van der Waals surface area contributed by atoms with Gasteiger partial charge in [-0.15, -0.1) is 0 Å². The van der Waals surface area contributed by atoms with E-state index in [1.807, 2.05) is 24.3 Å². The summed E-state index contributed by atoms with van der Waals surface area (Å²) in [5.41, 5.74) is 1.74. The molecule has 1 aromatic heterocycles. The Morgan fingerprint density at radius 1 is 1.27 bits per heavy atom. The van der Waals surface area contributed by atoms with Crippen LogP contribution in [0.4, 0.5) is 0 Å². The van der Waals surface area contributed by atoms with Crippen molar-refractivity contribution in [1.82, 2.24) is 9.97 Å². The van der Waals surface area contributed by atoms with Gasteiger partial charge in [-0.25, -0.2) is 4.98 Å². The molecule has 0 spiro atoms. The van der Waals surface area contributed by atoms with Crippen molar-refractivity contribution in [2.24, 2.45) is 0 Å². The number of nitrogens with zero attached hydrogens (tertiary/aromatic N) is 3. The van der Waals surface area contributed by atoms with Crippen molar-refractivity contribution in [3.8, 4) is 12.1 Å². The molecular weight excluding hydrogens is 188 g/mol. The van der Waals surface area contributed by atoms with Gasteiger partial charge in [0.15, 0.2) is 0 Å². The van der Waals surface area contributed by atoms with Gasteiger partial charge in [-0.3, -0.25) is 0 Å². The molecule has 1 N–H and O–H groups in total. The molecule has 2 aromatic rings. The first-order valence-corrected chi connectivity index (χ1v) is 4.30. The molecule has 0 aliphatic heterocycles. The molecule has 0 radical (unpaired) electrons. The number of benzene rings is 1. The summed E-state index contributed by atoms with van der Waals surface area (Å²) in [6.45, 7) is 0. The number of aromatic nitrogens is 2. The van der Waals surface area contributed by atoms with Crippen LogP contribution in [-0.4, -0.2) is 9.97 Å². The largest absolute Gasteiger partial charge is 0.338 e. The fourth-order valence-electron chi connectivity index (χ4n) is 1.27. The van der Waals surface area contributed by atoms with E-state index in [0.717, 1.165) is 11.0 Å². The Hall–Kier alpha value is -2.59. The van der Waals surface area contributed by atoms with Crippen LogP contribution in [0.15, 0.2) is 29.8 Å². The molecule has 2 rings (SSSR count). The minimum absolute atomic E-state index is 0.0362. The van der Waals surface area contributed by atoms with Crippen LogP contribution in [0.25, 0.3) is 17.1 Å². The summed E-state index contributed by atoms with van der Waals surface area (Å²) in [4.78, 5) is 7.22. The first-order chi connectivity index (χ1) is 7.33. The molecule has 0 aliphatic rings. The summed E-state index contributed by atoms with van der Waals surface area (Å²) >= 11 is 0. The minimum atomic E-state index is 0.0362. The number of aromatic amines is 1. The van der Waals surface area contributed by atoms with Crippen molar-refractivity contribution in [2.45, 2.75) is 0 Å². The molecule has 70 valence electrons. The second kappa shape index (κ2) is 3.65. The molecule has 4 heteroatoms. The molecule has 0 bridgehead atoms. The SMILES string of the molecule is N#CC(C#N)=Cc1nc2ccccc2[nH]1. The highest BCUT2D eigenvalue weighted by Gasteiger charge is 2.00. The Morgan fingerprint density at radius 2 is 2.00 bits per heavy atom. The molecule has 0 saturated carbocycles. The van der Waals surface area contributed by atoms with E-state index in [1.165, 1.54) is 6.08 Å². The van der Waals surface area contributed by atoms with Crippen molar-refractivity contribution >= 4 is 17.1 Å². The Balaban J connectivity index is 2.52. The van der Waals surface area contributed by atoms with Gasteiger partial charge in [0.05, 0.1) is 11.0 Å². The number of nitriles is 2. The van der Waals surface area contributed by atoms with Gasteiger partial charge in [0.1, 0.15) is 23.5 Å². The smallest absolute Gasteiger partial charge is 0.133 e. The van der Waals surface area contributed by atoms with Gasteiger partial charge in [0.2, 0.25) is 0 Å². The maximum atomic E-state index is 8.58. The van der Waals surface area contributed by atoms with Crippen LogP contribution < -0.4 is 0 Å². The minimum Gasteiger partial charge on any atom is -0.338 e. The van der Waals surface area contributed by atoms with E-state index in [-0.39, 0.29) is 5.57 Å². The van der Waals surface area contributed by atoms with Crippen LogP contribution in [0.5, 0.6) is 0 Å². The third-order valence-electron chi connectivity index (χ3n) is 1.93. The Bertz CT molecular complexity index is 558. The second-order valence-electron chi connectivity index (χ2n) is 2.92. The van der Waals surface area contributed by atoms with Gasteiger partial charge < -0.3 is 4.98 Å². The zero-order valence-corrected chi connectivity index (χ0v) is 7.73. The number of para-hydroxylation sites is 2. The van der Waals surface area contributed by atoms with E-state index < -0.39 is 0 Å². The number of rotatable bonds is 1. The van der Waals surface area contributed by atoms with E-state index >= 15 is 0 Å². The predicted molar refractivity (Wildman–Crippen MR) is 55.3 cm³/mol. The normalized spacial score (nSPS) is 9.20. The lowest BCUT2D eigenvalue weighted by atomic mass is 10.3. The van der Waals surface area contributed by atoms with E-state index in [9.17, 15) is 0 Å². The molecule has 0 unspecified atom stereocenters. The van der Waals surface area contributed by atoms with E-state index in [1.54, 1.807) is 12.1 Å². The fraction of sp³-hybridized carbons (Fsp3) is 0. The maximum absolute atomic E-state index is 8.58. The third-order valence-corrected chi connectivity index (χ3v) is 1.93. The standard InChI is InChI=1S/C11H6N4/c12-6-8(7-13)5-11-14-9-3-1-2-4-10(9)15-11/h1-5H,(H,14,15). The van der Waals surface area contributed by atoms with Crippen molar-refractivity contribution in [3.05, 3.63) is 35.7 Å². The lowest BCUT2D eigenvalue weighted by Crippen LogP contribution is -1.77. The molecule has 0 aliphatic carbocycles. The summed E-state index contributed by atoms with van der Waals surface area (Å²) in [6, 6.07) is 11.1. The van der Waals surface area contributed by atoms with Crippen LogP contribution >= 0.6 is 0 Å². The van der Waals surface area contributed by atoms with Gasteiger partial charge >= 0.3 is 0 Å². The number of hydrogen-bond donors (Lipinski definition) is 1. The van der Waals surface area contributed by atoms with Gasteiger partial charge in [-0.1, -0.05) is 12.1 Å². The number of nitrogens with one attached hydrogen (secondary N) is 1. The average molecular weight is 194 g/mol. The van der Waals surface area contributed by atoms with Crippen molar-refractivity contribution in [3.63, 3.8) is 0 Å². The number of imidazole rings is 1. The highest BCUT2D eigenvalue weighted by Crippen LogP contribution is 2.12. The van der Waals surface area contributed by atoms with Crippen LogP contribution in [0.1, 0.15) is 5.82 Å². The number of fused-ring (bicyclic) bond motifs is 1. The predicted octanol–water partition coefficient (Wildman–Crippen LogP) is 1.99. The van der Waals surface area contributed by atoms with E-state index in [2.05, 4.69) is 9.97 Å². The topological polar surface area (TPSA) is 76.3 Å². The summed E-state index contributed by atoms with van der Waals surface area (Å²) in [7, 11) is 0. The maximum Gasteiger partial charge on any atom is 0.133 e. The Kier molecular flexibility index (Phi) is 2.19. The molecular formula is C11H6N4. The first-order valence-electron chi connectivity index (χ1n) is 4.30. The summed E-state index contributed by atoms with van der Waals surface area (Å²) < 4.78 is 0. The highest BCUT2D eigenvalue weighted by atomic mass is 14.9. The summed E-state index contributed by atoms with van der Waals surface area (Å²) in [6.07, 6.45) is 1.43. The van der Waals surface area contributed by atoms with Crippen LogP contribution in [0, 0.1) is 22.7 Å². The van der Waals surface area contributed by atoms with Gasteiger partial charge in [-0.05, 0) is 12.1 Å². The van der Waals surface area contributed by atoms with E-state index in [4.69, 9.17) is 10.5 Å². The van der Waals surface area contributed by atoms with Crippen molar-refractivity contribution < 1.29 is 0 Å². The summed E-state index contributed by atoms with van der Waals surface area (Å²) in [5.74, 6) is 0.523. The molecule has 0 saturated heterocycles. The second-order valence-corrected chi connectivity index (χ2v) is 2.92. The Morgan fingerprint density at radius 3 is 2.67 bits per heavy atom. The van der Waals surface area contributed by atoms with Crippen LogP contribution in [0.3, 0.4) is 0 Å². The zero-order valence-electron chi connectivity index (χ0n) is 7.73. The van der Waals surface area contributed by atoms with Gasteiger partial charge in [-0.2, -0.15) is 10.5 Å². The zero-order chi connectivity index (χ0) is 10.7. The molecule has 0 amide bonds. The molecule has 4 nitrogen and oxygen atoms in total. The number of H-pyrrole nitrogens is 1. The average Bonchev–Trinajstić information content (AvgIpc) is 2.68.